The summed E-state index contributed by atoms with van der Waals surface area (Å²) in [6.45, 7) is 1.51. The molecule has 0 aliphatic carbocycles. The number of benzene rings is 1. The maximum absolute atomic E-state index is 11.8. The van der Waals surface area contributed by atoms with Crippen molar-refractivity contribution in [3.8, 4) is 11.5 Å². The van der Waals surface area contributed by atoms with Crippen LogP contribution >= 0.6 is 0 Å². The molecule has 0 saturated carbocycles. The average molecular weight is 321 g/mol. The maximum atomic E-state index is 11.8. The molecule has 1 heterocycles. The Balaban J connectivity index is 2.00. The Labute approximate surface area is 128 Å². The van der Waals surface area contributed by atoms with Crippen LogP contribution in [0.3, 0.4) is 0 Å². The molecule has 0 saturated heterocycles. The standard InChI is InChI=1S/C11H11N7O5/c1-6(5-17-15-11(14-16-17)18(22)23)12-13-10(21)8-3-2-7(19)4-9(8)20/h2-4,19-20H,5H2,1H3,(H,13,21). The van der Waals surface area contributed by atoms with Gasteiger partial charge in [0.1, 0.15) is 18.0 Å². The number of hydrogen-bond acceptors (Lipinski definition) is 9. The van der Waals surface area contributed by atoms with Gasteiger partial charge in [0.05, 0.1) is 21.5 Å². The number of hydrogen-bond donors (Lipinski definition) is 3. The molecule has 0 aliphatic heterocycles. The number of carbonyl (C=O) groups is 1. The van der Waals surface area contributed by atoms with E-state index in [0.717, 1.165) is 10.9 Å². The number of hydrazone groups is 1. The van der Waals surface area contributed by atoms with Crippen molar-refractivity contribution in [3.05, 3.63) is 33.9 Å². The first-order valence-electron chi connectivity index (χ1n) is 6.14. The molecule has 2 aromatic rings. The third-order valence-electron chi connectivity index (χ3n) is 2.55. The topological polar surface area (TPSA) is 169 Å². The molecule has 0 radical (unpaired) electrons. The van der Waals surface area contributed by atoms with E-state index in [9.17, 15) is 20.0 Å². The quantitative estimate of drug-likeness (QED) is 0.386. The van der Waals surface area contributed by atoms with Crippen molar-refractivity contribution in [1.29, 1.82) is 0 Å². The van der Waals surface area contributed by atoms with Gasteiger partial charge in [0.2, 0.25) is 0 Å². The van der Waals surface area contributed by atoms with Crippen LogP contribution in [0, 0.1) is 10.1 Å². The highest BCUT2D eigenvalue weighted by atomic mass is 16.6. The van der Waals surface area contributed by atoms with Crippen molar-refractivity contribution in [2.45, 2.75) is 13.5 Å². The molecule has 1 aromatic heterocycles. The number of carbonyl (C=O) groups excluding carboxylic acids is 1. The number of amides is 1. The summed E-state index contributed by atoms with van der Waals surface area (Å²) in [5, 5.41) is 43.1. The third kappa shape index (κ3) is 3.96. The van der Waals surface area contributed by atoms with Crippen LogP contribution in [0.5, 0.6) is 11.5 Å². The zero-order chi connectivity index (χ0) is 17.0. The molecule has 23 heavy (non-hydrogen) atoms. The van der Waals surface area contributed by atoms with E-state index in [0.29, 0.717) is 5.71 Å². The van der Waals surface area contributed by atoms with Crippen LogP contribution in [0.25, 0.3) is 0 Å². The molecule has 1 amide bonds. The molecule has 0 fully saturated rings. The fraction of sp³-hybridized carbons (Fsp3) is 0.182. The fourth-order valence-electron chi connectivity index (χ4n) is 1.53. The SMILES string of the molecule is CC(Cn1nnc([N+](=O)[O-])n1)=NNC(=O)c1ccc(O)cc1O. The third-order valence-corrected chi connectivity index (χ3v) is 2.55. The zero-order valence-corrected chi connectivity index (χ0v) is 11.7. The van der Waals surface area contributed by atoms with E-state index in [4.69, 9.17) is 5.11 Å². The summed E-state index contributed by atoms with van der Waals surface area (Å²) in [5.41, 5.74) is 2.45. The number of phenols is 2. The Bertz CT molecular complexity index is 785. The van der Waals surface area contributed by atoms with Gasteiger partial charge < -0.3 is 20.3 Å². The molecular weight excluding hydrogens is 310 g/mol. The van der Waals surface area contributed by atoms with Gasteiger partial charge in [-0.15, -0.1) is 0 Å². The second kappa shape index (κ2) is 6.46. The highest BCUT2D eigenvalue weighted by Crippen LogP contribution is 2.22. The largest absolute Gasteiger partial charge is 0.514 e. The average Bonchev–Trinajstić information content (AvgIpc) is 2.93. The Morgan fingerprint density at radius 3 is 2.83 bits per heavy atom. The van der Waals surface area contributed by atoms with Crippen LogP contribution in [0.2, 0.25) is 0 Å². The van der Waals surface area contributed by atoms with Gasteiger partial charge in [0.15, 0.2) is 0 Å². The number of nitrogens with one attached hydrogen (secondary N) is 1. The van der Waals surface area contributed by atoms with Crippen molar-refractivity contribution in [3.63, 3.8) is 0 Å². The van der Waals surface area contributed by atoms with Crippen LogP contribution in [0.4, 0.5) is 5.95 Å². The van der Waals surface area contributed by atoms with Crippen LogP contribution in [-0.4, -0.2) is 47.0 Å². The first-order chi connectivity index (χ1) is 10.9. The Hall–Kier alpha value is -3.57. The smallest absolute Gasteiger partial charge is 0.508 e. The summed E-state index contributed by atoms with van der Waals surface area (Å²) in [6, 6.07) is 3.49. The molecular formula is C11H11N7O5. The van der Waals surface area contributed by atoms with E-state index < -0.39 is 22.5 Å². The highest BCUT2D eigenvalue weighted by Gasteiger charge is 2.16. The monoisotopic (exact) mass is 321 g/mol. The molecule has 2 rings (SSSR count). The molecule has 0 unspecified atom stereocenters. The van der Waals surface area contributed by atoms with Gasteiger partial charge in [-0.1, -0.05) is 4.80 Å². The normalized spacial score (nSPS) is 11.3. The molecule has 0 spiro atoms. The molecule has 0 bridgehead atoms. The van der Waals surface area contributed by atoms with Crippen molar-refractivity contribution < 1.29 is 19.9 Å². The summed E-state index contributed by atoms with van der Waals surface area (Å²) < 4.78 is 0. The fourth-order valence-corrected chi connectivity index (χ4v) is 1.53. The molecule has 0 aliphatic rings. The van der Waals surface area contributed by atoms with E-state index >= 15 is 0 Å². The summed E-state index contributed by atoms with van der Waals surface area (Å²) in [7, 11) is 0. The molecule has 0 atom stereocenters. The first kappa shape index (κ1) is 15.8. The van der Waals surface area contributed by atoms with Crippen LogP contribution in [0.1, 0.15) is 17.3 Å². The van der Waals surface area contributed by atoms with Crippen LogP contribution < -0.4 is 5.43 Å². The van der Waals surface area contributed by atoms with Gasteiger partial charge >= 0.3 is 5.95 Å². The Morgan fingerprint density at radius 1 is 1.48 bits per heavy atom. The van der Waals surface area contributed by atoms with Gasteiger partial charge in [-0.2, -0.15) is 5.10 Å². The lowest BCUT2D eigenvalue weighted by Crippen LogP contribution is -2.21. The highest BCUT2D eigenvalue weighted by molar-refractivity contribution is 5.97. The van der Waals surface area contributed by atoms with Gasteiger partial charge in [-0.25, -0.2) is 5.43 Å². The number of nitro groups is 1. The lowest BCUT2D eigenvalue weighted by molar-refractivity contribution is -0.394. The van der Waals surface area contributed by atoms with Crippen molar-refractivity contribution >= 4 is 17.6 Å². The van der Waals surface area contributed by atoms with E-state index in [-0.39, 0.29) is 17.9 Å². The van der Waals surface area contributed by atoms with E-state index in [2.05, 4.69) is 25.9 Å². The summed E-state index contributed by atoms with van der Waals surface area (Å²) in [6.07, 6.45) is 0. The minimum absolute atomic E-state index is 0.0251. The molecule has 12 nitrogen and oxygen atoms in total. The van der Waals surface area contributed by atoms with Gasteiger partial charge in [0, 0.05) is 11.3 Å². The van der Waals surface area contributed by atoms with Crippen molar-refractivity contribution in [2.24, 2.45) is 5.10 Å². The second-order valence-corrected chi connectivity index (χ2v) is 4.37. The summed E-state index contributed by atoms with van der Waals surface area (Å²) in [4.78, 5) is 22.4. The lowest BCUT2D eigenvalue weighted by atomic mass is 10.2. The minimum atomic E-state index is -0.786. The van der Waals surface area contributed by atoms with Gasteiger partial charge in [-0.05, 0) is 24.0 Å². The zero-order valence-electron chi connectivity index (χ0n) is 11.7. The minimum Gasteiger partial charge on any atom is -0.508 e. The number of nitrogens with zero attached hydrogens (tertiary/aromatic N) is 6. The van der Waals surface area contributed by atoms with Gasteiger partial charge in [-0.3, -0.25) is 4.79 Å². The van der Waals surface area contributed by atoms with Crippen LogP contribution in [-0.2, 0) is 6.54 Å². The molecule has 1 aromatic carbocycles. The van der Waals surface area contributed by atoms with E-state index in [1.165, 1.54) is 19.1 Å². The number of aromatic hydroxyl groups is 2. The predicted octanol–water partition coefficient (Wildman–Crippen LogP) is -0.202. The molecule has 3 N–H and O–H groups in total. The van der Waals surface area contributed by atoms with Crippen molar-refractivity contribution in [2.75, 3.05) is 0 Å². The second-order valence-electron chi connectivity index (χ2n) is 4.37. The van der Waals surface area contributed by atoms with Crippen molar-refractivity contribution in [1.82, 2.24) is 25.6 Å². The Morgan fingerprint density at radius 2 is 2.22 bits per heavy atom. The maximum Gasteiger partial charge on any atom is 0.514 e. The number of aromatic nitrogens is 4. The summed E-state index contributed by atoms with van der Waals surface area (Å²) >= 11 is 0. The Kier molecular flexibility index (Phi) is 4.44. The summed E-state index contributed by atoms with van der Waals surface area (Å²) in [5.74, 6) is -1.92. The molecule has 12 heteroatoms. The molecule has 120 valence electrons. The number of tetrazole rings is 1. The number of phenolic OH excluding ortho intramolecular Hbond substituents is 2. The van der Waals surface area contributed by atoms with E-state index in [1.807, 2.05) is 0 Å². The first-order valence-corrected chi connectivity index (χ1v) is 6.14. The number of rotatable bonds is 5. The van der Waals surface area contributed by atoms with Gasteiger partial charge in [0.25, 0.3) is 5.91 Å². The van der Waals surface area contributed by atoms with Crippen LogP contribution in [0.15, 0.2) is 23.3 Å². The van der Waals surface area contributed by atoms with E-state index in [1.54, 1.807) is 0 Å². The lowest BCUT2D eigenvalue weighted by Gasteiger charge is -2.04. The predicted molar refractivity (Wildman–Crippen MR) is 74.8 cm³/mol.